The molecule has 1 N–H and O–H groups in total. The van der Waals surface area contributed by atoms with Crippen molar-refractivity contribution in [1.29, 1.82) is 0 Å². The fourth-order valence-corrected chi connectivity index (χ4v) is 2.37. The normalized spacial score (nSPS) is 22.3. The number of halogens is 2. The summed E-state index contributed by atoms with van der Waals surface area (Å²) in [6, 6.07) is 5.32. The second-order valence-corrected chi connectivity index (χ2v) is 5.41. The van der Waals surface area contributed by atoms with E-state index in [2.05, 4.69) is 5.32 Å². The lowest BCUT2D eigenvalue weighted by Crippen LogP contribution is -2.19. The second-order valence-electron chi connectivity index (χ2n) is 4.60. The highest BCUT2D eigenvalue weighted by Gasteiger charge is 2.22. The number of Topliss-reactive ketones (excluding diaryl/α,β-unsaturated/α-hetero) is 1. The summed E-state index contributed by atoms with van der Waals surface area (Å²) in [5.41, 5.74) is 1.70. The molecule has 0 amide bonds. The molecular formula is C14H15Cl2NO. The van der Waals surface area contributed by atoms with Crippen LogP contribution in [0.5, 0.6) is 0 Å². The van der Waals surface area contributed by atoms with Crippen molar-refractivity contribution in [2.75, 3.05) is 5.32 Å². The van der Waals surface area contributed by atoms with E-state index < -0.39 is 0 Å². The van der Waals surface area contributed by atoms with Gasteiger partial charge in [0, 0.05) is 23.4 Å². The molecule has 1 atom stereocenters. The maximum absolute atomic E-state index is 11.9. The number of rotatable bonds is 2. The van der Waals surface area contributed by atoms with E-state index in [0.29, 0.717) is 10.0 Å². The Labute approximate surface area is 117 Å². The maximum atomic E-state index is 11.9. The van der Waals surface area contributed by atoms with Crippen molar-refractivity contribution in [2.24, 2.45) is 5.92 Å². The Kier molecular flexibility index (Phi) is 4.31. The van der Waals surface area contributed by atoms with Crippen molar-refractivity contribution in [3.05, 3.63) is 40.0 Å². The first kappa shape index (κ1) is 13.4. The first-order chi connectivity index (χ1) is 8.58. The largest absolute Gasteiger partial charge is 0.361 e. The molecule has 1 saturated carbocycles. The molecule has 0 bridgehead atoms. The highest BCUT2D eigenvalue weighted by Crippen LogP contribution is 2.27. The van der Waals surface area contributed by atoms with Gasteiger partial charge in [0.15, 0.2) is 5.78 Å². The van der Waals surface area contributed by atoms with Crippen molar-refractivity contribution in [2.45, 2.75) is 26.2 Å². The van der Waals surface area contributed by atoms with E-state index in [0.717, 1.165) is 30.5 Å². The predicted octanol–water partition coefficient (Wildman–Crippen LogP) is 4.68. The molecule has 18 heavy (non-hydrogen) atoms. The van der Waals surface area contributed by atoms with Gasteiger partial charge in [0.25, 0.3) is 0 Å². The molecular weight excluding hydrogens is 269 g/mol. The first-order valence-electron chi connectivity index (χ1n) is 6.03. The van der Waals surface area contributed by atoms with E-state index in [1.807, 2.05) is 13.0 Å². The maximum Gasteiger partial charge on any atom is 0.163 e. The van der Waals surface area contributed by atoms with Crippen LogP contribution in [0.3, 0.4) is 0 Å². The zero-order valence-electron chi connectivity index (χ0n) is 10.2. The Hall–Kier alpha value is -0.990. The summed E-state index contributed by atoms with van der Waals surface area (Å²) in [4.78, 5) is 11.9. The third-order valence-electron chi connectivity index (χ3n) is 3.18. The van der Waals surface area contributed by atoms with Gasteiger partial charge in [-0.05, 0) is 37.5 Å². The van der Waals surface area contributed by atoms with Crippen LogP contribution in [0.1, 0.15) is 26.2 Å². The Morgan fingerprint density at radius 3 is 2.83 bits per heavy atom. The number of carbonyl (C=O) groups is 1. The molecule has 0 spiro atoms. The summed E-state index contributed by atoms with van der Waals surface area (Å²) < 4.78 is 0. The van der Waals surface area contributed by atoms with Crippen LogP contribution in [-0.2, 0) is 4.79 Å². The molecule has 2 nitrogen and oxygen atoms in total. The fraction of sp³-hybridized carbons (Fsp3) is 0.357. The van der Waals surface area contributed by atoms with Gasteiger partial charge >= 0.3 is 0 Å². The van der Waals surface area contributed by atoms with Crippen molar-refractivity contribution in [1.82, 2.24) is 0 Å². The molecule has 0 saturated heterocycles. The lowest BCUT2D eigenvalue weighted by molar-refractivity contribution is -0.119. The van der Waals surface area contributed by atoms with Gasteiger partial charge in [-0.1, -0.05) is 30.1 Å². The number of benzene rings is 1. The van der Waals surface area contributed by atoms with Crippen LogP contribution in [0.25, 0.3) is 0 Å². The number of ketones is 1. The van der Waals surface area contributed by atoms with Gasteiger partial charge < -0.3 is 5.32 Å². The van der Waals surface area contributed by atoms with E-state index in [9.17, 15) is 4.79 Å². The second kappa shape index (κ2) is 5.77. The molecule has 0 radical (unpaired) electrons. The van der Waals surface area contributed by atoms with Crippen LogP contribution in [0.15, 0.2) is 30.0 Å². The van der Waals surface area contributed by atoms with Crippen molar-refractivity contribution < 1.29 is 4.79 Å². The highest BCUT2D eigenvalue weighted by atomic mass is 35.5. The number of nitrogens with one attached hydrogen (secondary N) is 1. The van der Waals surface area contributed by atoms with Crippen molar-refractivity contribution >= 4 is 34.7 Å². The molecule has 1 aromatic rings. The van der Waals surface area contributed by atoms with Gasteiger partial charge in [-0.3, -0.25) is 4.79 Å². The van der Waals surface area contributed by atoms with Gasteiger partial charge in [0.2, 0.25) is 0 Å². The molecule has 1 fully saturated rings. The number of carbonyl (C=O) groups excluding carboxylic acids is 1. The summed E-state index contributed by atoms with van der Waals surface area (Å²) >= 11 is 11.8. The lowest BCUT2D eigenvalue weighted by Gasteiger charge is -2.19. The number of allylic oxidation sites excluding steroid dienone is 1. The third-order valence-corrected chi connectivity index (χ3v) is 3.92. The van der Waals surface area contributed by atoms with E-state index in [1.165, 1.54) is 0 Å². The van der Waals surface area contributed by atoms with E-state index in [4.69, 9.17) is 23.2 Å². The first-order valence-corrected chi connectivity index (χ1v) is 6.78. The minimum atomic E-state index is 0.139. The summed E-state index contributed by atoms with van der Waals surface area (Å²) in [7, 11) is 0. The van der Waals surface area contributed by atoms with Gasteiger partial charge in [-0.2, -0.15) is 0 Å². The Morgan fingerprint density at radius 1 is 1.33 bits per heavy atom. The molecule has 0 aliphatic heterocycles. The number of anilines is 1. The fourth-order valence-electron chi connectivity index (χ4n) is 2.07. The molecule has 1 aliphatic carbocycles. The summed E-state index contributed by atoms with van der Waals surface area (Å²) in [5.74, 6) is 0.384. The average molecular weight is 284 g/mol. The van der Waals surface area contributed by atoms with Crippen molar-refractivity contribution in [3.63, 3.8) is 0 Å². The third kappa shape index (κ3) is 3.06. The zero-order valence-corrected chi connectivity index (χ0v) is 11.7. The average Bonchev–Trinajstić information content (AvgIpc) is 2.35. The Balaban J connectivity index is 2.09. The molecule has 1 aliphatic rings. The van der Waals surface area contributed by atoms with E-state index in [-0.39, 0.29) is 11.7 Å². The molecule has 0 aromatic heterocycles. The standard InChI is InChI=1S/C14H15Cl2NO/c1-9-3-2-4-10(14(9)18)8-17-11-5-6-12(15)13(16)7-11/h5-9,17H,2-4H2,1H3/b10-8-/t9-/m0/s1. The quantitative estimate of drug-likeness (QED) is 0.799. The van der Waals surface area contributed by atoms with Gasteiger partial charge in [-0.25, -0.2) is 0 Å². The SMILES string of the molecule is C[C@H]1CCC/C(=C/Nc2ccc(Cl)c(Cl)c2)C1=O. The van der Waals surface area contributed by atoms with Gasteiger partial charge in [0.1, 0.15) is 0 Å². The molecule has 2 rings (SSSR count). The monoisotopic (exact) mass is 283 g/mol. The van der Waals surface area contributed by atoms with Crippen molar-refractivity contribution in [3.8, 4) is 0 Å². The lowest BCUT2D eigenvalue weighted by atomic mass is 9.86. The van der Waals surface area contributed by atoms with Crippen LogP contribution in [0, 0.1) is 5.92 Å². The summed E-state index contributed by atoms with van der Waals surface area (Å²) in [6.07, 6.45) is 4.69. The number of hydrogen-bond acceptors (Lipinski definition) is 2. The topological polar surface area (TPSA) is 29.1 Å². The van der Waals surface area contributed by atoms with Crippen LogP contribution >= 0.6 is 23.2 Å². The number of hydrogen-bond donors (Lipinski definition) is 1. The molecule has 0 unspecified atom stereocenters. The Morgan fingerprint density at radius 2 is 2.11 bits per heavy atom. The molecule has 1 aromatic carbocycles. The van der Waals surface area contributed by atoms with E-state index in [1.54, 1.807) is 18.3 Å². The molecule has 0 heterocycles. The zero-order chi connectivity index (χ0) is 13.1. The van der Waals surface area contributed by atoms with Gasteiger partial charge in [0.05, 0.1) is 10.0 Å². The minimum absolute atomic E-state index is 0.139. The van der Waals surface area contributed by atoms with Gasteiger partial charge in [-0.15, -0.1) is 0 Å². The highest BCUT2D eigenvalue weighted by molar-refractivity contribution is 6.42. The summed E-state index contributed by atoms with van der Waals surface area (Å²) in [6.45, 7) is 1.98. The predicted molar refractivity (Wildman–Crippen MR) is 76.2 cm³/mol. The van der Waals surface area contributed by atoms with E-state index >= 15 is 0 Å². The molecule has 96 valence electrons. The minimum Gasteiger partial charge on any atom is -0.361 e. The van der Waals surface area contributed by atoms with Crippen LogP contribution < -0.4 is 5.32 Å². The Bertz CT molecular complexity index is 497. The summed E-state index contributed by atoms with van der Waals surface area (Å²) in [5, 5.41) is 4.14. The smallest absolute Gasteiger partial charge is 0.163 e. The van der Waals surface area contributed by atoms with Crippen LogP contribution in [-0.4, -0.2) is 5.78 Å². The van der Waals surface area contributed by atoms with Crippen LogP contribution in [0.4, 0.5) is 5.69 Å². The van der Waals surface area contributed by atoms with Crippen LogP contribution in [0.2, 0.25) is 10.0 Å². The molecule has 4 heteroatoms.